The molecule has 2 aromatic rings. The second-order valence-electron chi connectivity index (χ2n) is 5.27. The summed E-state index contributed by atoms with van der Waals surface area (Å²) in [6, 6.07) is 8.96. The molecule has 7 heteroatoms. The zero-order valence-corrected chi connectivity index (χ0v) is 14.5. The average Bonchev–Trinajstić information content (AvgIpc) is 2.77. The Kier molecular flexibility index (Phi) is 5.35. The third-order valence-corrected chi connectivity index (χ3v) is 4.43. The standard InChI is InChI=1S/C17H19N3O3S/c1-13-16(14(2)20(3)18-13)9-10-17(21)19-24(22,23)12-11-15-7-5-4-6-8-15/h4-12H,1-3H3,(H,19,21)/b10-9+,12-11-. The average molecular weight is 345 g/mol. The lowest BCUT2D eigenvalue weighted by atomic mass is 10.2. The van der Waals surface area contributed by atoms with Crippen molar-refractivity contribution in [1.29, 1.82) is 0 Å². The Morgan fingerprint density at radius 2 is 1.83 bits per heavy atom. The van der Waals surface area contributed by atoms with Crippen LogP contribution in [0.15, 0.2) is 41.8 Å². The predicted molar refractivity (Wildman–Crippen MR) is 94.3 cm³/mol. The molecular weight excluding hydrogens is 326 g/mol. The molecule has 0 aliphatic heterocycles. The second kappa shape index (κ2) is 7.27. The van der Waals surface area contributed by atoms with Crippen LogP contribution in [0.3, 0.4) is 0 Å². The van der Waals surface area contributed by atoms with Gasteiger partial charge >= 0.3 is 0 Å². The summed E-state index contributed by atoms with van der Waals surface area (Å²) >= 11 is 0. The fourth-order valence-corrected chi connectivity index (χ4v) is 2.88. The van der Waals surface area contributed by atoms with Crippen LogP contribution in [0.1, 0.15) is 22.5 Å². The third kappa shape index (κ3) is 4.66. The molecule has 6 nitrogen and oxygen atoms in total. The molecule has 0 atom stereocenters. The van der Waals surface area contributed by atoms with Gasteiger partial charge in [-0.15, -0.1) is 0 Å². The molecule has 1 aromatic carbocycles. The van der Waals surface area contributed by atoms with Crippen molar-refractivity contribution in [1.82, 2.24) is 14.5 Å². The fraction of sp³-hybridized carbons (Fsp3) is 0.176. The van der Waals surface area contributed by atoms with Crippen LogP contribution in [-0.2, 0) is 21.9 Å². The molecule has 0 saturated heterocycles. The number of nitrogens with zero attached hydrogens (tertiary/aromatic N) is 2. The number of carbonyl (C=O) groups is 1. The summed E-state index contributed by atoms with van der Waals surface area (Å²) in [6.45, 7) is 3.70. The maximum absolute atomic E-state index is 11.9. The van der Waals surface area contributed by atoms with Gasteiger partial charge in [-0.05, 0) is 31.6 Å². The minimum Gasteiger partial charge on any atom is -0.272 e. The summed E-state index contributed by atoms with van der Waals surface area (Å²) < 4.78 is 27.5. The summed E-state index contributed by atoms with van der Waals surface area (Å²) in [4.78, 5) is 11.8. The number of hydrogen-bond donors (Lipinski definition) is 1. The van der Waals surface area contributed by atoms with E-state index in [-0.39, 0.29) is 0 Å². The number of amides is 1. The minimum atomic E-state index is -3.85. The van der Waals surface area contributed by atoms with Crippen LogP contribution in [0.4, 0.5) is 0 Å². The maximum Gasteiger partial charge on any atom is 0.257 e. The lowest BCUT2D eigenvalue weighted by molar-refractivity contribution is -0.114. The highest BCUT2D eigenvalue weighted by Crippen LogP contribution is 2.13. The summed E-state index contributed by atoms with van der Waals surface area (Å²) in [7, 11) is -2.05. The van der Waals surface area contributed by atoms with E-state index in [0.29, 0.717) is 0 Å². The van der Waals surface area contributed by atoms with Crippen LogP contribution >= 0.6 is 0 Å². The van der Waals surface area contributed by atoms with Crippen LogP contribution in [0.5, 0.6) is 0 Å². The van der Waals surface area contributed by atoms with Gasteiger partial charge in [-0.3, -0.25) is 9.48 Å². The number of aromatic nitrogens is 2. The number of aryl methyl sites for hydroxylation is 2. The number of rotatable bonds is 5. The van der Waals surface area contributed by atoms with Crippen LogP contribution < -0.4 is 4.72 Å². The largest absolute Gasteiger partial charge is 0.272 e. The van der Waals surface area contributed by atoms with Crippen LogP contribution in [0, 0.1) is 13.8 Å². The molecule has 126 valence electrons. The van der Waals surface area contributed by atoms with Gasteiger partial charge < -0.3 is 0 Å². The monoisotopic (exact) mass is 345 g/mol. The van der Waals surface area contributed by atoms with Crippen molar-refractivity contribution in [2.75, 3.05) is 0 Å². The van der Waals surface area contributed by atoms with E-state index in [1.54, 1.807) is 42.1 Å². The van der Waals surface area contributed by atoms with Gasteiger partial charge in [0.1, 0.15) is 0 Å². The number of hydrogen-bond acceptors (Lipinski definition) is 4. The first-order chi connectivity index (χ1) is 11.3. The van der Waals surface area contributed by atoms with E-state index in [0.717, 1.165) is 27.9 Å². The molecular formula is C17H19N3O3S. The van der Waals surface area contributed by atoms with Gasteiger partial charge in [0, 0.05) is 24.4 Å². The Hall–Kier alpha value is -2.67. The second-order valence-corrected chi connectivity index (χ2v) is 6.83. The first kappa shape index (κ1) is 17.7. The van der Waals surface area contributed by atoms with Crippen molar-refractivity contribution >= 4 is 28.1 Å². The first-order valence-corrected chi connectivity index (χ1v) is 8.81. The molecule has 1 N–H and O–H groups in total. The molecule has 0 saturated carbocycles. The first-order valence-electron chi connectivity index (χ1n) is 7.27. The summed E-state index contributed by atoms with van der Waals surface area (Å²) in [5.74, 6) is -0.713. The molecule has 0 aliphatic rings. The topological polar surface area (TPSA) is 81.1 Å². The van der Waals surface area contributed by atoms with Gasteiger partial charge in [-0.2, -0.15) is 5.10 Å². The normalized spacial score (nSPS) is 12.1. The van der Waals surface area contributed by atoms with Crippen molar-refractivity contribution in [2.24, 2.45) is 7.05 Å². The molecule has 0 unspecified atom stereocenters. The van der Waals surface area contributed by atoms with E-state index >= 15 is 0 Å². The van der Waals surface area contributed by atoms with Crippen molar-refractivity contribution < 1.29 is 13.2 Å². The molecule has 1 amide bonds. The summed E-state index contributed by atoms with van der Waals surface area (Å²) in [5.41, 5.74) is 3.19. The Morgan fingerprint density at radius 1 is 1.17 bits per heavy atom. The van der Waals surface area contributed by atoms with Crippen molar-refractivity contribution in [3.05, 3.63) is 64.3 Å². The summed E-state index contributed by atoms with van der Waals surface area (Å²) in [6.07, 6.45) is 4.17. The van der Waals surface area contributed by atoms with E-state index in [1.807, 2.05) is 24.6 Å². The van der Waals surface area contributed by atoms with E-state index < -0.39 is 15.9 Å². The van der Waals surface area contributed by atoms with Crippen molar-refractivity contribution in [3.63, 3.8) is 0 Å². The Morgan fingerprint density at radius 3 is 2.42 bits per heavy atom. The van der Waals surface area contributed by atoms with Gasteiger partial charge in [0.25, 0.3) is 15.9 Å². The molecule has 2 rings (SSSR count). The Balaban J connectivity index is 2.05. The smallest absolute Gasteiger partial charge is 0.257 e. The fourth-order valence-electron chi connectivity index (χ4n) is 2.13. The van der Waals surface area contributed by atoms with E-state index in [2.05, 4.69) is 5.10 Å². The molecule has 1 heterocycles. The number of benzene rings is 1. The SMILES string of the molecule is Cc1nn(C)c(C)c1/C=C/C(=O)NS(=O)(=O)/C=C\c1ccccc1. The molecule has 0 bridgehead atoms. The van der Waals surface area contributed by atoms with E-state index in [9.17, 15) is 13.2 Å². The summed E-state index contributed by atoms with van der Waals surface area (Å²) in [5, 5.41) is 5.20. The molecule has 0 spiro atoms. The number of nitrogens with one attached hydrogen (secondary N) is 1. The van der Waals surface area contributed by atoms with E-state index in [1.165, 1.54) is 12.2 Å². The van der Waals surface area contributed by atoms with E-state index in [4.69, 9.17) is 0 Å². The lowest BCUT2D eigenvalue weighted by Crippen LogP contribution is -2.26. The maximum atomic E-state index is 11.9. The zero-order chi connectivity index (χ0) is 17.7. The van der Waals surface area contributed by atoms with Gasteiger partial charge in [0.2, 0.25) is 0 Å². The molecule has 0 radical (unpaired) electrons. The van der Waals surface area contributed by atoms with Gasteiger partial charge in [0.15, 0.2) is 0 Å². The highest BCUT2D eigenvalue weighted by molar-refractivity contribution is 7.93. The molecule has 0 fully saturated rings. The third-order valence-electron chi connectivity index (χ3n) is 3.45. The predicted octanol–water partition coefficient (Wildman–Crippen LogP) is 2.17. The Labute approximate surface area is 141 Å². The van der Waals surface area contributed by atoms with Crippen molar-refractivity contribution in [3.8, 4) is 0 Å². The van der Waals surface area contributed by atoms with Gasteiger partial charge in [-0.25, -0.2) is 13.1 Å². The number of carbonyl (C=O) groups excluding carboxylic acids is 1. The minimum absolute atomic E-state index is 0.713. The molecule has 24 heavy (non-hydrogen) atoms. The van der Waals surface area contributed by atoms with Crippen LogP contribution in [-0.4, -0.2) is 24.1 Å². The van der Waals surface area contributed by atoms with Gasteiger partial charge in [-0.1, -0.05) is 30.3 Å². The number of sulfonamides is 1. The quantitative estimate of drug-likeness (QED) is 0.842. The molecule has 1 aromatic heterocycles. The highest BCUT2D eigenvalue weighted by atomic mass is 32.2. The lowest BCUT2D eigenvalue weighted by Gasteiger charge is -2.00. The van der Waals surface area contributed by atoms with Crippen LogP contribution in [0.25, 0.3) is 12.2 Å². The van der Waals surface area contributed by atoms with Crippen LogP contribution in [0.2, 0.25) is 0 Å². The zero-order valence-electron chi connectivity index (χ0n) is 13.7. The van der Waals surface area contributed by atoms with Crippen molar-refractivity contribution in [2.45, 2.75) is 13.8 Å². The highest BCUT2D eigenvalue weighted by Gasteiger charge is 2.10. The van der Waals surface area contributed by atoms with Gasteiger partial charge in [0.05, 0.1) is 11.1 Å². The molecule has 0 aliphatic carbocycles. The Bertz CT molecular complexity index is 895.